The number of hydrogen-bond donors (Lipinski definition) is 2. The van der Waals surface area contributed by atoms with E-state index in [0.29, 0.717) is 0 Å². The zero-order valence-electron chi connectivity index (χ0n) is 11.0. The van der Waals surface area contributed by atoms with Crippen molar-refractivity contribution >= 4 is 12.0 Å². The van der Waals surface area contributed by atoms with E-state index in [1.807, 2.05) is 13.8 Å². The summed E-state index contributed by atoms with van der Waals surface area (Å²) < 4.78 is 5.06. The summed E-state index contributed by atoms with van der Waals surface area (Å²) in [4.78, 5) is 22.9. The Kier molecular flexibility index (Phi) is 8.30. The van der Waals surface area contributed by atoms with Crippen LogP contribution in [0.15, 0.2) is 0 Å². The maximum Gasteiger partial charge on any atom is 0.408 e. The number of alkyl carbamates (subject to hydrolysis) is 1. The molecule has 0 aromatic rings. The molecule has 0 radical (unpaired) electrons. The van der Waals surface area contributed by atoms with Gasteiger partial charge in [0.1, 0.15) is 11.6 Å². The van der Waals surface area contributed by atoms with Crippen LogP contribution in [0.5, 0.6) is 0 Å². The summed E-state index contributed by atoms with van der Waals surface area (Å²) >= 11 is 0. The predicted octanol–water partition coefficient (Wildman–Crippen LogP) is 1.44. The first-order valence-corrected chi connectivity index (χ1v) is 5.24. The van der Waals surface area contributed by atoms with Gasteiger partial charge < -0.3 is 15.4 Å². The van der Waals surface area contributed by atoms with Crippen molar-refractivity contribution in [2.24, 2.45) is 5.92 Å². The smallest absolute Gasteiger partial charge is 0.408 e. The van der Waals surface area contributed by atoms with Gasteiger partial charge in [-0.3, -0.25) is 11.8 Å². The van der Waals surface area contributed by atoms with Crippen molar-refractivity contribution in [2.75, 3.05) is 0 Å². The van der Waals surface area contributed by atoms with Gasteiger partial charge in [-0.15, -0.1) is 0 Å². The molecule has 1 unspecified atom stereocenters. The molecule has 0 aromatic carbocycles. The minimum absolute atomic E-state index is 0. The molecular weight excluding hydrogens is 260 g/mol. The molecule has 0 rings (SSSR count). The van der Waals surface area contributed by atoms with Gasteiger partial charge in [-0.1, -0.05) is 13.8 Å². The second-order valence-electron chi connectivity index (χ2n) is 4.91. The van der Waals surface area contributed by atoms with Crippen molar-refractivity contribution < 1.29 is 31.7 Å². The van der Waals surface area contributed by atoms with Crippen molar-refractivity contribution in [3.05, 3.63) is 7.05 Å². The molecule has 2 N–H and O–H groups in total. The fourth-order valence-electron chi connectivity index (χ4n) is 1.08. The minimum atomic E-state index is -0.632. The van der Waals surface area contributed by atoms with E-state index in [0.717, 1.165) is 0 Å². The fraction of sp³-hybridized carbons (Fsp3) is 0.727. The van der Waals surface area contributed by atoms with Gasteiger partial charge in [0, 0.05) is 17.4 Å². The van der Waals surface area contributed by atoms with Gasteiger partial charge in [0.2, 0.25) is 5.91 Å². The number of amides is 2. The zero-order valence-corrected chi connectivity index (χ0v) is 12.3. The minimum Gasteiger partial charge on any atom is -0.507 e. The van der Waals surface area contributed by atoms with E-state index < -0.39 is 17.7 Å². The Balaban J connectivity index is 0. The van der Waals surface area contributed by atoms with E-state index in [4.69, 9.17) is 4.74 Å². The summed E-state index contributed by atoms with van der Waals surface area (Å²) in [5.41, 5.74) is -0.577. The van der Waals surface area contributed by atoms with Crippen LogP contribution in [-0.2, 0) is 26.9 Å². The number of hydrogen-bond acceptors (Lipinski definition) is 3. The van der Waals surface area contributed by atoms with Crippen molar-refractivity contribution in [2.45, 2.75) is 46.3 Å². The predicted molar refractivity (Wildman–Crippen MR) is 61.5 cm³/mol. The standard InChI is InChI=1S/C11H21N2O3.Cr/c1-7(2)8(9(14)12-6)13-10(15)16-11(3,4)5;/h7-8H,6H2,1-5H3,(H,12,14)(H,13,15);/q-1;. The monoisotopic (exact) mass is 281 g/mol. The Morgan fingerprint density at radius 1 is 1.24 bits per heavy atom. The Hall–Kier alpha value is -0.728. The number of carbonyl (C=O) groups excluding carboxylic acids is 2. The largest absolute Gasteiger partial charge is 0.507 e. The van der Waals surface area contributed by atoms with Crippen LogP contribution in [0.25, 0.3) is 0 Å². The van der Waals surface area contributed by atoms with Crippen molar-refractivity contribution in [1.29, 1.82) is 0 Å². The molecule has 6 heteroatoms. The summed E-state index contributed by atoms with van der Waals surface area (Å²) in [6.07, 6.45) is -0.602. The molecule has 0 aliphatic heterocycles. The van der Waals surface area contributed by atoms with E-state index >= 15 is 0 Å². The Bertz CT molecular complexity index is 262. The third-order valence-electron chi connectivity index (χ3n) is 1.80. The van der Waals surface area contributed by atoms with E-state index in [1.54, 1.807) is 20.8 Å². The van der Waals surface area contributed by atoms with E-state index in [2.05, 4.69) is 17.7 Å². The summed E-state index contributed by atoms with van der Waals surface area (Å²) in [7, 11) is 3.28. The number of carbonyl (C=O) groups is 2. The second-order valence-corrected chi connectivity index (χ2v) is 4.91. The Labute approximate surface area is 114 Å². The average molecular weight is 281 g/mol. The van der Waals surface area contributed by atoms with Crippen LogP contribution >= 0.6 is 0 Å². The van der Waals surface area contributed by atoms with Gasteiger partial charge in [0.15, 0.2) is 0 Å². The molecule has 0 aliphatic rings. The third kappa shape index (κ3) is 8.06. The molecule has 0 heterocycles. The first-order chi connectivity index (χ1) is 7.17. The third-order valence-corrected chi connectivity index (χ3v) is 1.80. The average Bonchev–Trinajstić information content (AvgIpc) is 2.09. The van der Waals surface area contributed by atoms with Crippen LogP contribution in [-0.4, -0.2) is 23.6 Å². The van der Waals surface area contributed by atoms with Crippen LogP contribution in [0.3, 0.4) is 0 Å². The van der Waals surface area contributed by atoms with Crippen molar-refractivity contribution in [3.63, 3.8) is 0 Å². The molecule has 0 spiro atoms. The van der Waals surface area contributed by atoms with Crippen LogP contribution in [0.1, 0.15) is 34.6 Å². The molecule has 0 saturated carbocycles. The van der Waals surface area contributed by atoms with Crippen LogP contribution in [0.4, 0.5) is 4.79 Å². The Morgan fingerprint density at radius 2 is 1.71 bits per heavy atom. The molecule has 2 amide bonds. The van der Waals surface area contributed by atoms with Crippen molar-refractivity contribution in [3.8, 4) is 0 Å². The van der Waals surface area contributed by atoms with Gasteiger partial charge in [0.05, 0.1) is 0 Å². The Morgan fingerprint density at radius 3 is 2.00 bits per heavy atom. The zero-order chi connectivity index (χ0) is 12.9. The first kappa shape index (κ1) is 18.6. The molecule has 0 bridgehead atoms. The molecular formula is C11H21CrN2O3-. The van der Waals surface area contributed by atoms with Gasteiger partial charge >= 0.3 is 6.09 Å². The van der Waals surface area contributed by atoms with Gasteiger partial charge in [0.25, 0.3) is 0 Å². The SMILES string of the molecule is [CH2-]NC(=O)C(NC(=O)OC(C)(C)C)C(C)C.[Cr]. The van der Waals surface area contributed by atoms with Gasteiger partial charge in [-0.2, -0.15) is 0 Å². The van der Waals surface area contributed by atoms with Gasteiger partial charge in [-0.25, -0.2) is 4.79 Å². The molecule has 0 fully saturated rings. The molecule has 100 valence electrons. The van der Waals surface area contributed by atoms with E-state index in [-0.39, 0.29) is 29.2 Å². The molecule has 0 saturated heterocycles. The molecule has 17 heavy (non-hydrogen) atoms. The number of nitrogens with one attached hydrogen (secondary N) is 2. The number of ether oxygens (including phenoxy) is 1. The molecule has 5 nitrogen and oxygen atoms in total. The van der Waals surface area contributed by atoms with E-state index in [1.165, 1.54) is 0 Å². The van der Waals surface area contributed by atoms with Gasteiger partial charge in [-0.05, 0) is 26.7 Å². The summed E-state index contributed by atoms with van der Waals surface area (Å²) in [5.74, 6) is -0.366. The quantitative estimate of drug-likeness (QED) is 0.769. The van der Waals surface area contributed by atoms with Crippen LogP contribution in [0, 0.1) is 13.0 Å². The summed E-state index contributed by atoms with van der Waals surface area (Å²) in [6, 6.07) is -0.632. The first-order valence-electron chi connectivity index (χ1n) is 5.24. The topological polar surface area (TPSA) is 67.4 Å². The van der Waals surface area contributed by atoms with E-state index in [9.17, 15) is 9.59 Å². The molecule has 0 aromatic heterocycles. The molecule has 0 aliphatic carbocycles. The van der Waals surface area contributed by atoms with Crippen molar-refractivity contribution in [1.82, 2.24) is 10.6 Å². The summed E-state index contributed by atoms with van der Waals surface area (Å²) in [5, 5.41) is 4.77. The maximum atomic E-state index is 11.5. The second kappa shape index (κ2) is 7.57. The number of rotatable bonds is 3. The van der Waals surface area contributed by atoms with Crippen LogP contribution in [0.2, 0.25) is 0 Å². The van der Waals surface area contributed by atoms with Crippen LogP contribution < -0.4 is 10.6 Å². The normalized spacial score (nSPS) is 12.4. The maximum absolute atomic E-state index is 11.5. The fourth-order valence-corrected chi connectivity index (χ4v) is 1.08. The molecule has 1 atom stereocenters. The summed E-state index contributed by atoms with van der Waals surface area (Å²) in [6.45, 7) is 8.95.